The van der Waals surface area contributed by atoms with Gasteiger partial charge in [-0.2, -0.15) is 0 Å². The first kappa shape index (κ1) is 13.6. The van der Waals surface area contributed by atoms with Gasteiger partial charge in [0, 0.05) is 18.7 Å². The molecule has 1 aromatic carbocycles. The van der Waals surface area contributed by atoms with E-state index in [-0.39, 0.29) is 5.75 Å². The van der Waals surface area contributed by atoms with Crippen molar-refractivity contribution in [2.75, 3.05) is 24.7 Å². The zero-order valence-electron chi connectivity index (χ0n) is 10.9. The Morgan fingerprint density at radius 1 is 1.35 bits per heavy atom. The number of hydrogen-bond acceptors (Lipinski definition) is 3. The highest BCUT2D eigenvalue weighted by atomic mass is 19.1. The number of rotatable bonds is 5. The summed E-state index contributed by atoms with van der Waals surface area (Å²) in [6.07, 6.45) is 0. The van der Waals surface area contributed by atoms with Crippen LogP contribution in [0.25, 0.3) is 0 Å². The van der Waals surface area contributed by atoms with Crippen molar-refractivity contribution in [2.24, 2.45) is 11.8 Å². The van der Waals surface area contributed by atoms with Crippen LogP contribution in [0.3, 0.4) is 0 Å². The fourth-order valence-electron chi connectivity index (χ4n) is 1.38. The monoisotopic (exact) mass is 240 g/mol. The van der Waals surface area contributed by atoms with Crippen LogP contribution in [0.4, 0.5) is 15.8 Å². The van der Waals surface area contributed by atoms with Crippen molar-refractivity contribution in [2.45, 2.75) is 20.8 Å². The zero-order chi connectivity index (χ0) is 13.0. The Balaban J connectivity index is 2.77. The molecule has 0 aliphatic heterocycles. The van der Waals surface area contributed by atoms with E-state index in [2.05, 4.69) is 26.1 Å². The summed E-state index contributed by atoms with van der Waals surface area (Å²) in [6, 6.07) is 2.87. The van der Waals surface area contributed by atoms with Gasteiger partial charge in [-0.3, -0.25) is 0 Å². The summed E-state index contributed by atoms with van der Waals surface area (Å²) in [6.45, 7) is 7.30. The minimum atomic E-state index is -0.438. The number of hydrogen-bond donors (Lipinski definition) is 2. The highest BCUT2D eigenvalue weighted by Crippen LogP contribution is 2.28. The van der Waals surface area contributed by atoms with Gasteiger partial charge in [-0.05, 0) is 11.8 Å². The third-order valence-electron chi connectivity index (χ3n) is 3.08. The van der Waals surface area contributed by atoms with Gasteiger partial charge in [-0.1, -0.05) is 20.8 Å². The molecule has 3 nitrogen and oxygen atoms in total. The van der Waals surface area contributed by atoms with Crippen molar-refractivity contribution in [3.05, 3.63) is 17.9 Å². The number of halogens is 1. The Morgan fingerprint density at radius 3 is 2.53 bits per heavy atom. The molecule has 0 saturated carbocycles. The number of nitrogen functional groups attached to an aromatic ring is 1. The average molecular weight is 240 g/mol. The minimum absolute atomic E-state index is 0.207. The molecule has 4 heteroatoms. The summed E-state index contributed by atoms with van der Waals surface area (Å²) in [5.74, 6) is 0.878. The molecule has 96 valence electrons. The van der Waals surface area contributed by atoms with Crippen molar-refractivity contribution < 1.29 is 9.13 Å². The SMILES string of the molecule is COc1cc(NCC(C)C(C)C)c(N)cc1F. The zero-order valence-corrected chi connectivity index (χ0v) is 10.9. The summed E-state index contributed by atoms with van der Waals surface area (Å²) in [4.78, 5) is 0. The topological polar surface area (TPSA) is 47.3 Å². The average Bonchev–Trinajstić information content (AvgIpc) is 2.27. The lowest BCUT2D eigenvalue weighted by atomic mass is 9.98. The number of benzene rings is 1. The smallest absolute Gasteiger partial charge is 0.167 e. The lowest BCUT2D eigenvalue weighted by Gasteiger charge is -2.18. The Kier molecular flexibility index (Phi) is 4.61. The van der Waals surface area contributed by atoms with E-state index >= 15 is 0 Å². The van der Waals surface area contributed by atoms with Gasteiger partial charge in [-0.15, -0.1) is 0 Å². The van der Waals surface area contributed by atoms with E-state index in [4.69, 9.17) is 10.5 Å². The van der Waals surface area contributed by atoms with Crippen LogP contribution < -0.4 is 15.8 Å². The molecule has 1 unspecified atom stereocenters. The predicted molar refractivity (Wildman–Crippen MR) is 69.9 cm³/mol. The van der Waals surface area contributed by atoms with Gasteiger partial charge in [-0.25, -0.2) is 4.39 Å². The molecule has 0 aliphatic rings. The fourth-order valence-corrected chi connectivity index (χ4v) is 1.38. The van der Waals surface area contributed by atoms with E-state index in [0.29, 0.717) is 17.5 Å². The third-order valence-corrected chi connectivity index (χ3v) is 3.08. The molecule has 0 fully saturated rings. The van der Waals surface area contributed by atoms with Crippen molar-refractivity contribution in [1.82, 2.24) is 0 Å². The van der Waals surface area contributed by atoms with Crippen LogP contribution in [-0.2, 0) is 0 Å². The first-order valence-corrected chi connectivity index (χ1v) is 5.82. The molecule has 3 N–H and O–H groups in total. The molecule has 1 atom stereocenters. The van der Waals surface area contributed by atoms with E-state index in [0.717, 1.165) is 12.2 Å². The van der Waals surface area contributed by atoms with Crippen LogP contribution in [0.1, 0.15) is 20.8 Å². The summed E-state index contributed by atoms with van der Waals surface area (Å²) in [5.41, 5.74) is 6.87. The standard InChI is InChI=1S/C13H21FN2O/c1-8(2)9(3)7-16-12-6-13(17-4)10(14)5-11(12)15/h5-6,8-9,16H,7,15H2,1-4H3. The second kappa shape index (κ2) is 5.75. The van der Waals surface area contributed by atoms with Crippen LogP contribution in [0.15, 0.2) is 12.1 Å². The molecule has 0 aliphatic carbocycles. The van der Waals surface area contributed by atoms with Gasteiger partial charge in [0.1, 0.15) is 0 Å². The maximum atomic E-state index is 13.3. The molecule has 0 bridgehead atoms. The van der Waals surface area contributed by atoms with E-state index in [1.165, 1.54) is 13.2 Å². The number of methoxy groups -OCH3 is 1. The molecular formula is C13H21FN2O. The van der Waals surface area contributed by atoms with E-state index in [9.17, 15) is 4.39 Å². The molecule has 1 aromatic rings. The van der Waals surface area contributed by atoms with E-state index in [1.807, 2.05) is 0 Å². The van der Waals surface area contributed by atoms with Gasteiger partial charge in [0.2, 0.25) is 0 Å². The molecule has 1 rings (SSSR count). The summed E-state index contributed by atoms with van der Waals surface area (Å²) >= 11 is 0. The third kappa shape index (κ3) is 3.51. The Hall–Kier alpha value is -1.45. The molecule has 17 heavy (non-hydrogen) atoms. The first-order chi connectivity index (χ1) is 7.95. The molecule has 0 spiro atoms. The van der Waals surface area contributed by atoms with Crippen LogP contribution in [0.2, 0.25) is 0 Å². The van der Waals surface area contributed by atoms with E-state index in [1.54, 1.807) is 6.07 Å². The van der Waals surface area contributed by atoms with Crippen LogP contribution in [-0.4, -0.2) is 13.7 Å². The van der Waals surface area contributed by atoms with Gasteiger partial charge in [0.25, 0.3) is 0 Å². The van der Waals surface area contributed by atoms with Gasteiger partial charge >= 0.3 is 0 Å². The highest BCUT2D eigenvalue weighted by Gasteiger charge is 2.10. The van der Waals surface area contributed by atoms with Crippen LogP contribution in [0.5, 0.6) is 5.75 Å². The number of ether oxygens (including phenoxy) is 1. The largest absolute Gasteiger partial charge is 0.494 e. The molecule has 0 heterocycles. The minimum Gasteiger partial charge on any atom is -0.494 e. The Morgan fingerprint density at radius 2 is 2.00 bits per heavy atom. The second-order valence-corrected chi connectivity index (χ2v) is 4.68. The summed E-state index contributed by atoms with van der Waals surface area (Å²) in [5, 5.41) is 3.22. The number of anilines is 2. The van der Waals surface area contributed by atoms with Crippen molar-refractivity contribution in [1.29, 1.82) is 0 Å². The maximum Gasteiger partial charge on any atom is 0.167 e. The summed E-state index contributed by atoms with van der Waals surface area (Å²) in [7, 11) is 1.44. The first-order valence-electron chi connectivity index (χ1n) is 5.82. The van der Waals surface area contributed by atoms with Gasteiger partial charge < -0.3 is 15.8 Å². The number of nitrogens with two attached hydrogens (primary N) is 1. The normalized spacial score (nSPS) is 12.6. The predicted octanol–water partition coefficient (Wildman–Crippen LogP) is 3.12. The van der Waals surface area contributed by atoms with Crippen molar-refractivity contribution in [3.63, 3.8) is 0 Å². The van der Waals surface area contributed by atoms with E-state index < -0.39 is 5.82 Å². The maximum absolute atomic E-state index is 13.3. The number of nitrogens with one attached hydrogen (secondary N) is 1. The molecule has 0 saturated heterocycles. The molecule has 0 aromatic heterocycles. The highest BCUT2D eigenvalue weighted by molar-refractivity contribution is 5.68. The van der Waals surface area contributed by atoms with Crippen LogP contribution >= 0.6 is 0 Å². The lowest BCUT2D eigenvalue weighted by Crippen LogP contribution is -2.17. The lowest BCUT2D eigenvalue weighted by molar-refractivity contribution is 0.387. The fraction of sp³-hybridized carbons (Fsp3) is 0.538. The quantitative estimate of drug-likeness (QED) is 0.777. The molecule has 0 radical (unpaired) electrons. The van der Waals surface area contributed by atoms with Gasteiger partial charge in [0.15, 0.2) is 11.6 Å². The van der Waals surface area contributed by atoms with Crippen LogP contribution in [0, 0.1) is 17.7 Å². The molecular weight excluding hydrogens is 219 g/mol. The summed E-state index contributed by atoms with van der Waals surface area (Å²) < 4.78 is 18.2. The molecule has 0 amide bonds. The van der Waals surface area contributed by atoms with Crippen molar-refractivity contribution in [3.8, 4) is 5.75 Å². The Labute approximate surface area is 102 Å². The Bertz CT molecular complexity index is 380. The van der Waals surface area contributed by atoms with Gasteiger partial charge in [0.05, 0.1) is 18.5 Å². The van der Waals surface area contributed by atoms with Crippen molar-refractivity contribution >= 4 is 11.4 Å². The second-order valence-electron chi connectivity index (χ2n) is 4.68.